The minimum atomic E-state index is -0.604. The van der Waals surface area contributed by atoms with E-state index < -0.39 is 5.54 Å². The Morgan fingerprint density at radius 2 is 2.19 bits per heavy atom. The molecule has 1 aliphatic rings. The molecule has 94 valence electrons. The SMILES string of the molecule is CNC(C)(CN(C)CC1CCC1)C(=O)OC. The molecule has 0 bridgehead atoms. The van der Waals surface area contributed by atoms with Gasteiger partial charge in [0.2, 0.25) is 0 Å². The molecule has 16 heavy (non-hydrogen) atoms. The Labute approximate surface area is 98.3 Å². The molecule has 0 aliphatic heterocycles. The fraction of sp³-hybridized carbons (Fsp3) is 0.917. The first kappa shape index (κ1) is 13.5. The number of methoxy groups -OCH3 is 1. The number of nitrogens with zero attached hydrogens (tertiary/aromatic N) is 1. The first-order valence-electron chi connectivity index (χ1n) is 5.97. The van der Waals surface area contributed by atoms with Crippen LogP contribution in [0.25, 0.3) is 0 Å². The van der Waals surface area contributed by atoms with Crippen LogP contribution in [0, 0.1) is 5.92 Å². The molecule has 0 saturated heterocycles. The number of hydrogen-bond donors (Lipinski definition) is 1. The van der Waals surface area contributed by atoms with Gasteiger partial charge >= 0.3 is 5.97 Å². The van der Waals surface area contributed by atoms with Crippen LogP contribution in [0.2, 0.25) is 0 Å². The van der Waals surface area contributed by atoms with E-state index in [0.29, 0.717) is 6.54 Å². The highest BCUT2D eigenvalue weighted by Gasteiger charge is 2.34. The van der Waals surface area contributed by atoms with Crippen molar-refractivity contribution in [3.63, 3.8) is 0 Å². The van der Waals surface area contributed by atoms with Crippen molar-refractivity contribution < 1.29 is 9.53 Å². The van der Waals surface area contributed by atoms with E-state index in [4.69, 9.17) is 4.74 Å². The second kappa shape index (κ2) is 5.64. The van der Waals surface area contributed by atoms with E-state index in [0.717, 1.165) is 12.5 Å². The molecule has 0 spiro atoms. The lowest BCUT2D eigenvalue weighted by Crippen LogP contribution is -2.56. The lowest BCUT2D eigenvalue weighted by Gasteiger charge is -2.35. The number of ether oxygens (including phenoxy) is 1. The average Bonchev–Trinajstić information content (AvgIpc) is 2.22. The molecule has 1 rings (SSSR count). The fourth-order valence-electron chi connectivity index (χ4n) is 2.19. The summed E-state index contributed by atoms with van der Waals surface area (Å²) in [5.41, 5.74) is -0.604. The second-order valence-electron chi connectivity index (χ2n) is 5.07. The van der Waals surface area contributed by atoms with Gasteiger partial charge in [-0.15, -0.1) is 0 Å². The van der Waals surface area contributed by atoms with Gasteiger partial charge in [0.15, 0.2) is 0 Å². The van der Waals surface area contributed by atoms with Crippen LogP contribution in [-0.2, 0) is 9.53 Å². The summed E-state index contributed by atoms with van der Waals surface area (Å²) in [4.78, 5) is 13.9. The number of carbonyl (C=O) groups excluding carboxylic acids is 1. The van der Waals surface area contributed by atoms with Gasteiger partial charge in [-0.3, -0.25) is 4.79 Å². The van der Waals surface area contributed by atoms with Gasteiger partial charge in [0.1, 0.15) is 5.54 Å². The van der Waals surface area contributed by atoms with Crippen molar-refractivity contribution in [3.05, 3.63) is 0 Å². The summed E-state index contributed by atoms with van der Waals surface area (Å²) in [5, 5.41) is 3.05. The van der Waals surface area contributed by atoms with Crippen LogP contribution in [0.3, 0.4) is 0 Å². The molecule has 1 N–H and O–H groups in total. The molecular formula is C12H24N2O2. The van der Waals surface area contributed by atoms with Crippen LogP contribution in [0.5, 0.6) is 0 Å². The summed E-state index contributed by atoms with van der Waals surface area (Å²) in [7, 11) is 5.30. The maximum absolute atomic E-state index is 11.7. The average molecular weight is 228 g/mol. The normalized spacial score (nSPS) is 20.3. The van der Waals surface area contributed by atoms with Gasteiger partial charge < -0.3 is 15.0 Å². The fourth-order valence-corrected chi connectivity index (χ4v) is 2.19. The largest absolute Gasteiger partial charge is 0.468 e. The van der Waals surface area contributed by atoms with Crippen molar-refractivity contribution in [1.82, 2.24) is 10.2 Å². The van der Waals surface area contributed by atoms with E-state index in [1.54, 1.807) is 7.05 Å². The number of esters is 1. The second-order valence-corrected chi connectivity index (χ2v) is 5.07. The first-order chi connectivity index (χ1) is 7.51. The molecule has 0 aromatic rings. The van der Waals surface area contributed by atoms with Crippen molar-refractivity contribution in [1.29, 1.82) is 0 Å². The number of nitrogens with one attached hydrogen (secondary N) is 1. The summed E-state index contributed by atoms with van der Waals surface area (Å²) in [6.45, 7) is 3.65. The zero-order chi connectivity index (χ0) is 12.2. The lowest BCUT2D eigenvalue weighted by atomic mass is 9.85. The van der Waals surface area contributed by atoms with E-state index in [1.165, 1.54) is 26.4 Å². The molecule has 0 radical (unpaired) electrons. The number of carbonyl (C=O) groups is 1. The highest BCUT2D eigenvalue weighted by Crippen LogP contribution is 2.27. The summed E-state index contributed by atoms with van der Waals surface area (Å²) in [6.07, 6.45) is 4.02. The highest BCUT2D eigenvalue weighted by molar-refractivity contribution is 5.80. The standard InChI is InChI=1S/C12H24N2O2/c1-12(13-2,11(15)16-4)9-14(3)8-10-6-5-7-10/h10,13H,5-9H2,1-4H3. The van der Waals surface area contributed by atoms with Gasteiger partial charge in [-0.2, -0.15) is 0 Å². The van der Waals surface area contributed by atoms with Gasteiger partial charge in [0, 0.05) is 13.1 Å². The maximum atomic E-state index is 11.7. The van der Waals surface area contributed by atoms with Crippen LogP contribution >= 0.6 is 0 Å². The molecule has 1 unspecified atom stereocenters. The van der Waals surface area contributed by atoms with Crippen LogP contribution in [0.1, 0.15) is 26.2 Å². The van der Waals surface area contributed by atoms with Crippen molar-refractivity contribution in [2.75, 3.05) is 34.3 Å². The zero-order valence-corrected chi connectivity index (χ0v) is 10.9. The molecule has 1 saturated carbocycles. The molecule has 0 aromatic heterocycles. The molecular weight excluding hydrogens is 204 g/mol. The van der Waals surface area contributed by atoms with Crippen molar-refractivity contribution in [3.8, 4) is 0 Å². The quantitative estimate of drug-likeness (QED) is 0.685. The third kappa shape index (κ3) is 3.19. The summed E-state index contributed by atoms with van der Waals surface area (Å²) in [5.74, 6) is 0.624. The van der Waals surface area contributed by atoms with Gasteiger partial charge in [-0.1, -0.05) is 6.42 Å². The molecule has 0 heterocycles. The summed E-state index contributed by atoms with van der Waals surface area (Å²) < 4.78 is 4.82. The minimum Gasteiger partial charge on any atom is -0.468 e. The Bertz CT molecular complexity index is 241. The molecule has 4 nitrogen and oxygen atoms in total. The predicted molar refractivity (Wildman–Crippen MR) is 64.3 cm³/mol. The third-order valence-electron chi connectivity index (χ3n) is 3.57. The molecule has 0 aromatic carbocycles. The highest BCUT2D eigenvalue weighted by atomic mass is 16.5. The summed E-state index contributed by atoms with van der Waals surface area (Å²) >= 11 is 0. The van der Waals surface area contributed by atoms with Crippen LogP contribution in [-0.4, -0.2) is 50.7 Å². The van der Waals surface area contributed by atoms with E-state index in [9.17, 15) is 4.79 Å². The van der Waals surface area contributed by atoms with E-state index in [2.05, 4.69) is 17.3 Å². The van der Waals surface area contributed by atoms with Crippen molar-refractivity contribution >= 4 is 5.97 Å². The van der Waals surface area contributed by atoms with Gasteiger partial charge in [0.05, 0.1) is 7.11 Å². The Morgan fingerprint density at radius 3 is 2.56 bits per heavy atom. The number of hydrogen-bond acceptors (Lipinski definition) is 4. The van der Waals surface area contributed by atoms with Crippen LogP contribution in [0.4, 0.5) is 0 Å². The number of rotatable bonds is 6. The van der Waals surface area contributed by atoms with Gasteiger partial charge in [-0.05, 0) is 39.8 Å². The van der Waals surface area contributed by atoms with Crippen LogP contribution < -0.4 is 5.32 Å². The number of likely N-dealkylation sites (N-methyl/N-ethyl adjacent to an activating group) is 2. The van der Waals surface area contributed by atoms with E-state index >= 15 is 0 Å². The smallest absolute Gasteiger partial charge is 0.327 e. The predicted octanol–water partition coefficient (Wildman–Crippen LogP) is 0.869. The van der Waals surface area contributed by atoms with E-state index in [-0.39, 0.29) is 5.97 Å². The lowest BCUT2D eigenvalue weighted by molar-refractivity contribution is -0.148. The summed E-state index contributed by atoms with van der Waals surface area (Å²) in [6, 6.07) is 0. The Balaban J connectivity index is 2.44. The Hall–Kier alpha value is -0.610. The van der Waals surface area contributed by atoms with Gasteiger partial charge in [0.25, 0.3) is 0 Å². The monoisotopic (exact) mass is 228 g/mol. The molecule has 0 amide bonds. The molecule has 4 heteroatoms. The minimum absolute atomic E-state index is 0.199. The Kier molecular flexibility index (Phi) is 4.74. The molecule has 1 atom stereocenters. The van der Waals surface area contributed by atoms with Crippen LogP contribution in [0.15, 0.2) is 0 Å². The topological polar surface area (TPSA) is 41.6 Å². The molecule has 1 fully saturated rings. The Morgan fingerprint density at radius 1 is 1.56 bits per heavy atom. The van der Waals surface area contributed by atoms with E-state index in [1.807, 2.05) is 6.92 Å². The third-order valence-corrected chi connectivity index (χ3v) is 3.57. The first-order valence-corrected chi connectivity index (χ1v) is 5.97. The van der Waals surface area contributed by atoms with Gasteiger partial charge in [-0.25, -0.2) is 0 Å². The zero-order valence-electron chi connectivity index (χ0n) is 10.9. The molecule has 1 aliphatic carbocycles. The maximum Gasteiger partial charge on any atom is 0.327 e. The van der Waals surface area contributed by atoms with Crippen molar-refractivity contribution in [2.24, 2.45) is 5.92 Å². The van der Waals surface area contributed by atoms with Crippen molar-refractivity contribution in [2.45, 2.75) is 31.7 Å².